The largest absolute Gasteiger partial charge is 0.340 e. The lowest BCUT2D eigenvalue weighted by atomic mass is 10.1. The molecule has 1 amide bonds. The van der Waals surface area contributed by atoms with Crippen LogP contribution in [0.3, 0.4) is 0 Å². The van der Waals surface area contributed by atoms with Gasteiger partial charge in [-0.1, -0.05) is 0 Å². The molecule has 2 aliphatic rings. The minimum Gasteiger partial charge on any atom is -0.340 e. The van der Waals surface area contributed by atoms with Gasteiger partial charge in [0, 0.05) is 26.2 Å². The Hall–Kier alpha value is -1.59. The van der Waals surface area contributed by atoms with Crippen molar-refractivity contribution < 1.29 is 30.4 Å². The van der Waals surface area contributed by atoms with E-state index in [1.807, 2.05) is 0 Å². The number of halogens is 2. The van der Waals surface area contributed by atoms with Crippen LogP contribution in [0.5, 0.6) is 0 Å². The van der Waals surface area contributed by atoms with Crippen LogP contribution >= 0.6 is 0 Å². The summed E-state index contributed by atoms with van der Waals surface area (Å²) in [4.78, 5) is 13.1. The number of nitrogens with zero attached hydrogens (tertiary/aromatic N) is 2. The smallest absolute Gasteiger partial charge is 0.246 e. The van der Waals surface area contributed by atoms with E-state index in [0.717, 1.165) is 16.4 Å². The summed E-state index contributed by atoms with van der Waals surface area (Å²) in [5, 5.41) is 0. The van der Waals surface area contributed by atoms with Crippen molar-refractivity contribution in [2.75, 3.05) is 37.7 Å². The molecule has 1 aromatic carbocycles. The number of carbonyl (C=O) groups is 1. The Bertz CT molecular complexity index is 925. The summed E-state index contributed by atoms with van der Waals surface area (Å²) in [6.45, 7) is 0.0179. The highest BCUT2D eigenvalue weighted by molar-refractivity contribution is 7.91. The van der Waals surface area contributed by atoms with E-state index >= 15 is 0 Å². The van der Waals surface area contributed by atoms with Gasteiger partial charge in [0.15, 0.2) is 9.84 Å². The molecule has 2 aliphatic heterocycles. The number of piperazine rings is 1. The fraction of sp³-hybridized carbons (Fsp3) is 0.533. The lowest BCUT2D eigenvalue weighted by Crippen LogP contribution is -2.52. The molecule has 2 fully saturated rings. The molecule has 1 aromatic rings. The Balaban J connectivity index is 1.68. The molecule has 0 saturated carbocycles. The maximum absolute atomic E-state index is 13.8. The maximum atomic E-state index is 13.8. The van der Waals surface area contributed by atoms with E-state index < -0.39 is 42.3 Å². The zero-order valence-electron chi connectivity index (χ0n) is 13.8. The van der Waals surface area contributed by atoms with Gasteiger partial charge in [-0.2, -0.15) is 4.31 Å². The SMILES string of the molecule is O=C([C@@H]1CCS(=O)(=O)C1)N1CCN(S(=O)(=O)c2cc(F)ccc2F)CC1. The molecule has 3 rings (SSSR count). The minimum absolute atomic E-state index is 0.0173. The standard InChI is InChI=1S/C15H18F2N2O5S2/c16-12-1-2-13(17)14(9-12)26(23,24)19-6-4-18(5-7-19)15(20)11-3-8-25(21,22)10-11/h1-2,9,11H,3-8,10H2/t11-/m1/s1. The Morgan fingerprint density at radius 1 is 1.12 bits per heavy atom. The normalized spacial score (nSPS) is 23.9. The topological polar surface area (TPSA) is 91.8 Å². The van der Waals surface area contributed by atoms with E-state index in [1.165, 1.54) is 4.90 Å². The van der Waals surface area contributed by atoms with Crippen molar-refractivity contribution in [3.8, 4) is 0 Å². The predicted octanol–water partition coefficient (Wildman–Crippen LogP) is 0.232. The summed E-state index contributed by atoms with van der Waals surface area (Å²) in [6, 6.07) is 2.22. The van der Waals surface area contributed by atoms with Crippen LogP contribution in [-0.2, 0) is 24.7 Å². The number of hydrogen-bond acceptors (Lipinski definition) is 5. The molecule has 1 atom stereocenters. The third kappa shape index (κ3) is 3.74. The second-order valence-electron chi connectivity index (χ2n) is 6.40. The van der Waals surface area contributed by atoms with Crippen LogP contribution in [0.15, 0.2) is 23.1 Å². The van der Waals surface area contributed by atoms with Gasteiger partial charge in [0.25, 0.3) is 0 Å². The van der Waals surface area contributed by atoms with Crippen LogP contribution in [0.25, 0.3) is 0 Å². The summed E-state index contributed by atoms with van der Waals surface area (Å²) in [5.74, 6) is -3.00. The van der Waals surface area contributed by atoms with Gasteiger partial charge in [-0.25, -0.2) is 25.6 Å². The van der Waals surface area contributed by atoms with Gasteiger partial charge in [-0.3, -0.25) is 4.79 Å². The number of amides is 1. The van der Waals surface area contributed by atoms with Crippen molar-refractivity contribution in [2.24, 2.45) is 5.92 Å². The lowest BCUT2D eigenvalue weighted by molar-refractivity contribution is -0.135. The minimum atomic E-state index is -4.22. The van der Waals surface area contributed by atoms with Gasteiger partial charge in [0.05, 0.1) is 17.4 Å². The van der Waals surface area contributed by atoms with E-state index in [-0.39, 0.29) is 50.0 Å². The molecule has 0 bridgehead atoms. The fourth-order valence-corrected chi connectivity index (χ4v) is 6.44. The summed E-state index contributed by atoms with van der Waals surface area (Å²) < 4.78 is 76.1. The first-order valence-corrected chi connectivity index (χ1v) is 11.3. The Morgan fingerprint density at radius 2 is 1.77 bits per heavy atom. The first-order valence-electron chi connectivity index (χ1n) is 8.04. The third-order valence-corrected chi connectivity index (χ3v) is 8.32. The molecule has 11 heteroatoms. The zero-order chi connectivity index (χ0) is 19.1. The lowest BCUT2D eigenvalue weighted by Gasteiger charge is -2.35. The molecule has 0 unspecified atom stereocenters. The maximum Gasteiger partial charge on any atom is 0.246 e. The summed E-state index contributed by atoms with van der Waals surface area (Å²) in [6.07, 6.45) is 0.272. The Labute approximate surface area is 150 Å². The number of carbonyl (C=O) groups excluding carboxylic acids is 1. The van der Waals surface area contributed by atoms with Gasteiger partial charge in [0.1, 0.15) is 16.5 Å². The quantitative estimate of drug-likeness (QED) is 0.714. The highest BCUT2D eigenvalue weighted by atomic mass is 32.2. The summed E-state index contributed by atoms with van der Waals surface area (Å²) in [7, 11) is -7.41. The molecule has 0 aromatic heterocycles. The number of sulfonamides is 1. The third-order valence-electron chi connectivity index (χ3n) is 4.64. The van der Waals surface area contributed by atoms with Gasteiger partial charge >= 0.3 is 0 Å². The van der Waals surface area contributed by atoms with Crippen LogP contribution in [0.2, 0.25) is 0 Å². The van der Waals surface area contributed by atoms with Gasteiger partial charge < -0.3 is 4.90 Å². The average Bonchev–Trinajstić information content (AvgIpc) is 2.96. The second kappa shape index (κ2) is 6.86. The van der Waals surface area contributed by atoms with Crippen molar-refractivity contribution in [2.45, 2.75) is 11.3 Å². The summed E-state index contributed by atoms with van der Waals surface area (Å²) >= 11 is 0. The van der Waals surface area contributed by atoms with Crippen molar-refractivity contribution in [3.63, 3.8) is 0 Å². The highest BCUT2D eigenvalue weighted by Gasteiger charge is 2.38. The van der Waals surface area contributed by atoms with E-state index in [4.69, 9.17) is 0 Å². The van der Waals surface area contributed by atoms with Crippen LogP contribution < -0.4 is 0 Å². The molecular weight excluding hydrogens is 390 g/mol. The Kier molecular flexibility index (Phi) is 5.06. The molecule has 2 heterocycles. The van der Waals surface area contributed by atoms with Crippen molar-refractivity contribution in [3.05, 3.63) is 29.8 Å². The number of rotatable bonds is 3. The van der Waals surface area contributed by atoms with Crippen molar-refractivity contribution in [1.29, 1.82) is 0 Å². The van der Waals surface area contributed by atoms with Crippen LogP contribution in [0.4, 0.5) is 8.78 Å². The molecule has 0 N–H and O–H groups in total. The van der Waals surface area contributed by atoms with E-state index in [0.29, 0.717) is 6.07 Å². The monoisotopic (exact) mass is 408 g/mol. The first-order chi connectivity index (χ1) is 12.1. The second-order valence-corrected chi connectivity index (χ2v) is 10.5. The number of benzene rings is 1. The van der Waals surface area contributed by atoms with Crippen LogP contribution in [0, 0.1) is 17.6 Å². The molecule has 26 heavy (non-hydrogen) atoms. The van der Waals surface area contributed by atoms with Crippen LogP contribution in [0.1, 0.15) is 6.42 Å². The van der Waals surface area contributed by atoms with E-state index in [9.17, 15) is 30.4 Å². The molecular formula is C15H18F2N2O5S2. The molecule has 0 radical (unpaired) electrons. The summed E-state index contributed by atoms with van der Waals surface area (Å²) in [5.41, 5.74) is 0. The van der Waals surface area contributed by atoms with Gasteiger partial charge in [0.2, 0.25) is 15.9 Å². The molecule has 144 valence electrons. The molecule has 2 saturated heterocycles. The molecule has 0 spiro atoms. The molecule has 7 nitrogen and oxygen atoms in total. The van der Waals surface area contributed by atoms with E-state index in [1.54, 1.807) is 0 Å². The predicted molar refractivity (Wildman–Crippen MR) is 88.5 cm³/mol. The van der Waals surface area contributed by atoms with Gasteiger partial charge in [-0.05, 0) is 24.6 Å². The average molecular weight is 408 g/mol. The van der Waals surface area contributed by atoms with E-state index in [2.05, 4.69) is 0 Å². The van der Waals surface area contributed by atoms with Crippen LogP contribution in [-0.4, -0.2) is 69.6 Å². The highest BCUT2D eigenvalue weighted by Crippen LogP contribution is 2.24. The van der Waals surface area contributed by atoms with Crippen molar-refractivity contribution in [1.82, 2.24) is 9.21 Å². The Morgan fingerprint density at radius 3 is 2.35 bits per heavy atom. The molecule has 0 aliphatic carbocycles. The van der Waals surface area contributed by atoms with Crippen molar-refractivity contribution >= 4 is 25.8 Å². The zero-order valence-corrected chi connectivity index (χ0v) is 15.4. The number of hydrogen-bond donors (Lipinski definition) is 0. The number of sulfone groups is 1. The van der Waals surface area contributed by atoms with Gasteiger partial charge in [-0.15, -0.1) is 0 Å². The fourth-order valence-electron chi connectivity index (χ4n) is 3.21. The first kappa shape index (κ1) is 19.2.